The number of carbonyl (C=O) groups is 1. The topological polar surface area (TPSA) is 83.8 Å². The van der Waals surface area contributed by atoms with E-state index < -0.39 is 9.84 Å². The van der Waals surface area contributed by atoms with Crippen molar-refractivity contribution in [1.82, 2.24) is 19.6 Å². The first kappa shape index (κ1) is 16.9. The maximum Gasteiger partial charge on any atom is 0.234 e. The SMILES string of the molecule is CCN(CC(=O)NC1CCS(=O)(=O)C1)Cc1cn2ccccc2n1. The highest BCUT2D eigenvalue weighted by atomic mass is 32.2. The normalized spacial score (nSPS) is 19.8. The molecule has 0 saturated carbocycles. The van der Waals surface area contributed by atoms with Crippen molar-refractivity contribution in [2.75, 3.05) is 24.6 Å². The Kier molecular flexibility index (Phi) is 4.86. The summed E-state index contributed by atoms with van der Waals surface area (Å²) in [4.78, 5) is 18.7. The molecule has 2 aromatic rings. The second-order valence-electron chi connectivity index (χ2n) is 6.17. The summed E-state index contributed by atoms with van der Waals surface area (Å²) >= 11 is 0. The van der Waals surface area contributed by atoms with Crippen LogP contribution >= 0.6 is 0 Å². The number of fused-ring (bicyclic) bond motifs is 1. The summed E-state index contributed by atoms with van der Waals surface area (Å²) in [6.45, 7) is 3.52. The van der Waals surface area contributed by atoms with Crippen LogP contribution in [0.1, 0.15) is 19.0 Å². The van der Waals surface area contributed by atoms with Gasteiger partial charge >= 0.3 is 0 Å². The van der Waals surface area contributed by atoms with Crippen molar-refractivity contribution in [3.05, 3.63) is 36.3 Å². The third-order valence-electron chi connectivity index (χ3n) is 4.21. The molecule has 0 aromatic carbocycles. The number of nitrogens with one attached hydrogen (secondary N) is 1. The third kappa shape index (κ3) is 4.12. The van der Waals surface area contributed by atoms with E-state index in [-0.39, 0.29) is 30.0 Å². The van der Waals surface area contributed by atoms with Crippen molar-refractivity contribution in [1.29, 1.82) is 0 Å². The highest BCUT2D eigenvalue weighted by Crippen LogP contribution is 2.11. The van der Waals surface area contributed by atoms with Crippen LogP contribution in [0.5, 0.6) is 0 Å². The van der Waals surface area contributed by atoms with E-state index >= 15 is 0 Å². The molecule has 1 N–H and O–H groups in total. The summed E-state index contributed by atoms with van der Waals surface area (Å²) in [5, 5.41) is 2.83. The predicted octanol–water partition coefficient (Wildman–Crippen LogP) is 0.460. The molecule has 3 rings (SSSR count). The van der Waals surface area contributed by atoms with E-state index in [1.165, 1.54) is 0 Å². The molecule has 3 heterocycles. The highest BCUT2D eigenvalue weighted by molar-refractivity contribution is 7.91. The van der Waals surface area contributed by atoms with Gasteiger partial charge in [0.1, 0.15) is 5.65 Å². The third-order valence-corrected chi connectivity index (χ3v) is 5.98. The van der Waals surface area contributed by atoms with Crippen molar-refractivity contribution >= 4 is 21.4 Å². The lowest BCUT2D eigenvalue weighted by molar-refractivity contribution is -0.122. The molecular formula is C16H22N4O3S. The summed E-state index contributed by atoms with van der Waals surface area (Å²) in [6.07, 6.45) is 4.40. The molecule has 1 saturated heterocycles. The molecule has 0 aliphatic carbocycles. The van der Waals surface area contributed by atoms with Gasteiger partial charge in [0.15, 0.2) is 9.84 Å². The number of amides is 1. The highest BCUT2D eigenvalue weighted by Gasteiger charge is 2.29. The zero-order chi connectivity index (χ0) is 17.2. The number of imidazole rings is 1. The van der Waals surface area contributed by atoms with Gasteiger partial charge in [-0.3, -0.25) is 9.69 Å². The number of rotatable bonds is 6. The standard InChI is InChI=1S/C16H22N4O3S/c1-2-19(9-14-10-20-7-4-3-5-15(20)17-14)11-16(21)18-13-6-8-24(22,23)12-13/h3-5,7,10,13H,2,6,8-9,11-12H2,1H3,(H,18,21). The van der Waals surface area contributed by atoms with Crippen LogP contribution in [0, 0.1) is 0 Å². The Morgan fingerprint density at radius 1 is 1.46 bits per heavy atom. The maximum absolute atomic E-state index is 12.2. The summed E-state index contributed by atoms with van der Waals surface area (Å²) < 4.78 is 24.9. The van der Waals surface area contributed by atoms with Crippen molar-refractivity contribution in [2.45, 2.75) is 25.9 Å². The molecule has 130 valence electrons. The molecule has 24 heavy (non-hydrogen) atoms. The molecule has 0 radical (unpaired) electrons. The van der Waals surface area contributed by atoms with Crippen LogP contribution in [-0.4, -0.2) is 59.2 Å². The van der Waals surface area contributed by atoms with Gasteiger partial charge in [0, 0.05) is 25.0 Å². The molecule has 8 heteroatoms. The largest absolute Gasteiger partial charge is 0.351 e. The Hall–Kier alpha value is -1.93. The molecule has 7 nitrogen and oxygen atoms in total. The van der Waals surface area contributed by atoms with E-state index in [2.05, 4.69) is 10.3 Å². The van der Waals surface area contributed by atoms with Crippen LogP contribution < -0.4 is 5.32 Å². The second-order valence-corrected chi connectivity index (χ2v) is 8.40. The predicted molar refractivity (Wildman–Crippen MR) is 91.3 cm³/mol. The minimum absolute atomic E-state index is 0.0529. The smallest absolute Gasteiger partial charge is 0.234 e. The first-order chi connectivity index (χ1) is 11.4. The molecule has 0 spiro atoms. The lowest BCUT2D eigenvalue weighted by atomic mass is 10.2. The fourth-order valence-electron chi connectivity index (χ4n) is 2.96. The zero-order valence-electron chi connectivity index (χ0n) is 13.7. The van der Waals surface area contributed by atoms with E-state index in [4.69, 9.17) is 0 Å². The molecule has 1 aliphatic heterocycles. The Morgan fingerprint density at radius 2 is 2.29 bits per heavy atom. The Balaban J connectivity index is 1.57. The van der Waals surface area contributed by atoms with Gasteiger partial charge in [0.25, 0.3) is 0 Å². The number of carbonyl (C=O) groups excluding carboxylic acids is 1. The molecule has 1 amide bonds. The quantitative estimate of drug-likeness (QED) is 0.818. The van der Waals surface area contributed by atoms with Crippen LogP contribution in [0.25, 0.3) is 5.65 Å². The minimum Gasteiger partial charge on any atom is -0.351 e. The lowest BCUT2D eigenvalue weighted by Gasteiger charge is -2.20. The number of hydrogen-bond donors (Lipinski definition) is 1. The van der Waals surface area contributed by atoms with Gasteiger partial charge in [-0.05, 0) is 25.1 Å². The Labute approximate surface area is 141 Å². The number of likely N-dealkylation sites (N-methyl/N-ethyl adjacent to an activating group) is 1. The molecule has 2 aromatic heterocycles. The fraction of sp³-hybridized carbons (Fsp3) is 0.500. The Morgan fingerprint density at radius 3 is 2.96 bits per heavy atom. The van der Waals surface area contributed by atoms with Crippen LogP contribution in [0.2, 0.25) is 0 Å². The van der Waals surface area contributed by atoms with Gasteiger partial charge in [-0.1, -0.05) is 13.0 Å². The molecule has 1 unspecified atom stereocenters. The lowest BCUT2D eigenvalue weighted by Crippen LogP contribution is -2.42. The second kappa shape index (κ2) is 6.90. The van der Waals surface area contributed by atoms with Crippen molar-refractivity contribution < 1.29 is 13.2 Å². The summed E-state index contributed by atoms with van der Waals surface area (Å²) in [7, 11) is -2.98. The van der Waals surface area contributed by atoms with Crippen LogP contribution in [0.3, 0.4) is 0 Å². The Bertz CT molecular complexity index is 798. The summed E-state index contributed by atoms with van der Waals surface area (Å²) in [5.41, 5.74) is 1.78. The van der Waals surface area contributed by atoms with Crippen molar-refractivity contribution in [2.24, 2.45) is 0 Å². The van der Waals surface area contributed by atoms with Crippen LogP contribution in [-0.2, 0) is 21.2 Å². The van der Waals surface area contributed by atoms with E-state index in [0.29, 0.717) is 19.5 Å². The fourth-order valence-corrected chi connectivity index (χ4v) is 4.63. The van der Waals surface area contributed by atoms with Gasteiger partial charge in [-0.25, -0.2) is 13.4 Å². The van der Waals surface area contributed by atoms with Crippen molar-refractivity contribution in [3.8, 4) is 0 Å². The molecule has 1 aliphatic rings. The van der Waals surface area contributed by atoms with Gasteiger partial charge in [-0.2, -0.15) is 0 Å². The van der Waals surface area contributed by atoms with E-state index in [1.807, 2.05) is 46.8 Å². The summed E-state index contributed by atoms with van der Waals surface area (Å²) in [6, 6.07) is 5.57. The maximum atomic E-state index is 12.2. The number of pyridine rings is 1. The summed E-state index contributed by atoms with van der Waals surface area (Å²) in [5.74, 6) is 0.0799. The van der Waals surface area contributed by atoms with Crippen LogP contribution in [0.4, 0.5) is 0 Å². The van der Waals surface area contributed by atoms with Gasteiger partial charge in [0.05, 0.1) is 23.7 Å². The molecule has 0 bridgehead atoms. The zero-order valence-corrected chi connectivity index (χ0v) is 14.5. The number of hydrogen-bond acceptors (Lipinski definition) is 5. The molecule has 1 atom stereocenters. The minimum atomic E-state index is -2.98. The van der Waals surface area contributed by atoms with E-state index in [0.717, 1.165) is 11.3 Å². The van der Waals surface area contributed by atoms with Gasteiger partial charge in [-0.15, -0.1) is 0 Å². The molecule has 1 fully saturated rings. The van der Waals surface area contributed by atoms with E-state index in [1.54, 1.807) is 0 Å². The van der Waals surface area contributed by atoms with E-state index in [9.17, 15) is 13.2 Å². The van der Waals surface area contributed by atoms with Crippen molar-refractivity contribution in [3.63, 3.8) is 0 Å². The number of sulfone groups is 1. The average molecular weight is 350 g/mol. The van der Waals surface area contributed by atoms with Gasteiger partial charge in [0.2, 0.25) is 5.91 Å². The number of aromatic nitrogens is 2. The van der Waals surface area contributed by atoms with Crippen LogP contribution in [0.15, 0.2) is 30.6 Å². The first-order valence-corrected chi connectivity index (χ1v) is 9.92. The number of nitrogens with zero attached hydrogens (tertiary/aromatic N) is 3. The molecular weight excluding hydrogens is 328 g/mol. The monoisotopic (exact) mass is 350 g/mol. The first-order valence-electron chi connectivity index (χ1n) is 8.10. The van der Waals surface area contributed by atoms with Gasteiger partial charge < -0.3 is 9.72 Å². The average Bonchev–Trinajstić information content (AvgIpc) is 3.08.